The van der Waals surface area contributed by atoms with Crippen LogP contribution in [0.25, 0.3) is 0 Å². The lowest BCUT2D eigenvalue weighted by Gasteiger charge is -2.19. The van der Waals surface area contributed by atoms with Crippen LogP contribution in [0.5, 0.6) is 11.5 Å². The lowest BCUT2D eigenvalue weighted by atomic mass is 10.1. The second-order valence-corrected chi connectivity index (χ2v) is 4.48. The Balaban J connectivity index is 1.84. The molecule has 1 aliphatic rings. The second-order valence-electron chi connectivity index (χ2n) is 4.48. The van der Waals surface area contributed by atoms with E-state index in [2.05, 4.69) is 5.32 Å². The number of ether oxygens (including phenoxy) is 3. The molecular weight excluding hydrogens is 260 g/mol. The summed E-state index contributed by atoms with van der Waals surface area (Å²) >= 11 is 0. The number of hydrogen-bond acceptors (Lipinski definition) is 5. The number of carbonyl (C=O) groups excluding carboxylic acids is 1. The van der Waals surface area contributed by atoms with E-state index < -0.39 is 6.10 Å². The number of nitrogens with one attached hydrogen (secondary N) is 1. The minimum absolute atomic E-state index is 0.173. The zero-order valence-corrected chi connectivity index (χ0v) is 11.6. The van der Waals surface area contributed by atoms with Crippen molar-refractivity contribution in [1.29, 1.82) is 0 Å². The fourth-order valence-electron chi connectivity index (χ4n) is 2.00. The van der Waals surface area contributed by atoms with Gasteiger partial charge in [0.2, 0.25) is 5.91 Å². The van der Waals surface area contributed by atoms with Gasteiger partial charge in [0.25, 0.3) is 0 Å². The summed E-state index contributed by atoms with van der Waals surface area (Å²) in [6, 6.07) is 5.80. The van der Waals surface area contributed by atoms with Crippen LogP contribution in [0.1, 0.15) is 5.56 Å². The summed E-state index contributed by atoms with van der Waals surface area (Å²) in [7, 11) is 1.47. The van der Waals surface area contributed by atoms with Gasteiger partial charge in [-0.1, -0.05) is 6.07 Å². The lowest BCUT2D eigenvalue weighted by Crippen LogP contribution is -2.41. The molecule has 6 nitrogen and oxygen atoms in total. The summed E-state index contributed by atoms with van der Waals surface area (Å²) in [6.07, 6.45) is 0.124. The van der Waals surface area contributed by atoms with Crippen LogP contribution in [-0.2, 0) is 16.0 Å². The van der Waals surface area contributed by atoms with Gasteiger partial charge >= 0.3 is 0 Å². The van der Waals surface area contributed by atoms with Gasteiger partial charge in [0.15, 0.2) is 11.5 Å². The minimum atomic E-state index is -0.588. The quantitative estimate of drug-likeness (QED) is 0.771. The molecule has 0 aliphatic carbocycles. The fraction of sp³-hybridized carbons (Fsp3) is 0.500. The predicted octanol–water partition coefficient (Wildman–Crippen LogP) is 0.0902. The molecule has 0 spiro atoms. The van der Waals surface area contributed by atoms with E-state index in [0.29, 0.717) is 26.2 Å². The summed E-state index contributed by atoms with van der Waals surface area (Å²) in [5, 5.41) is 2.80. The Kier molecular flexibility index (Phi) is 5.20. The van der Waals surface area contributed by atoms with E-state index >= 15 is 0 Å². The zero-order valence-electron chi connectivity index (χ0n) is 11.6. The average Bonchev–Trinajstić information content (AvgIpc) is 2.48. The first-order valence-corrected chi connectivity index (χ1v) is 6.63. The molecule has 6 heteroatoms. The molecule has 0 aromatic heterocycles. The molecule has 1 atom stereocenters. The monoisotopic (exact) mass is 280 g/mol. The van der Waals surface area contributed by atoms with Gasteiger partial charge in [0, 0.05) is 20.2 Å². The van der Waals surface area contributed by atoms with Crippen LogP contribution in [0.4, 0.5) is 0 Å². The average molecular weight is 280 g/mol. The molecule has 0 saturated heterocycles. The fourth-order valence-corrected chi connectivity index (χ4v) is 2.00. The first kappa shape index (κ1) is 14.6. The summed E-state index contributed by atoms with van der Waals surface area (Å²) in [6.45, 7) is 1.85. The van der Waals surface area contributed by atoms with Gasteiger partial charge in [0.1, 0.15) is 19.3 Å². The van der Waals surface area contributed by atoms with E-state index in [4.69, 9.17) is 19.9 Å². The Labute approximate surface area is 118 Å². The van der Waals surface area contributed by atoms with Crippen LogP contribution in [0.2, 0.25) is 0 Å². The molecule has 1 aromatic rings. The van der Waals surface area contributed by atoms with E-state index in [9.17, 15) is 4.79 Å². The van der Waals surface area contributed by atoms with Gasteiger partial charge < -0.3 is 25.3 Å². The van der Waals surface area contributed by atoms with E-state index in [1.165, 1.54) is 7.11 Å². The summed E-state index contributed by atoms with van der Waals surface area (Å²) in [5.41, 5.74) is 6.51. The van der Waals surface area contributed by atoms with Crippen LogP contribution in [0.3, 0.4) is 0 Å². The molecule has 1 amide bonds. The Morgan fingerprint density at radius 2 is 2.15 bits per heavy atom. The van der Waals surface area contributed by atoms with Crippen LogP contribution < -0.4 is 20.5 Å². The molecule has 3 N–H and O–H groups in total. The van der Waals surface area contributed by atoms with Crippen molar-refractivity contribution in [1.82, 2.24) is 5.32 Å². The van der Waals surface area contributed by atoms with Gasteiger partial charge in [-0.15, -0.1) is 0 Å². The van der Waals surface area contributed by atoms with Crippen LogP contribution >= 0.6 is 0 Å². The standard InChI is InChI=1S/C14H20N2O4/c1-18-13(9-15)14(17)16-5-4-10-2-3-11-12(8-10)20-7-6-19-11/h2-3,8,13H,4-7,9,15H2,1H3,(H,16,17). The summed E-state index contributed by atoms with van der Waals surface area (Å²) < 4.78 is 15.9. The minimum Gasteiger partial charge on any atom is -0.486 e. The highest BCUT2D eigenvalue weighted by molar-refractivity contribution is 5.80. The number of hydrogen-bond donors (Lipinski definition) is 2. The number of amides is 1. The third-order valence-corrected chi connectivity index (χ3v) is 3.11. The first-order chi connectivity index (χ1) is 9.74. The molecule has 0 saturated carbocycles. The molecule has 20 heavy (non-hydrogen) atoms. The van der Waals surface area contributed by atoms with Crippen LogP contribution in [0.15, 0.2) is 18.2 Å². The SMILES string of the molecule is COC(CN)C(=O)NCCc1ccc2c(c1)OCCO2. The predicted molar refractivity (Wildman–Crippen MR) is 74.0 cm³/mol. The third-order valence-electron chi connectivity index (χ3n) is 3.11. The van der Waals surface area contributed by atoms with Crippen molar-refractivity contribution in [3.63, 3.8) is 0 Å². The van der Waals surface area contributed by atoms with Crippen molar-refractivity contribution < 1.29 is 19.0 Å². The molecule has 0 fully saturated rings. The molecular formula is C14H20N2O4. The van der Waals surface area contributed by atoms with Gasteiger partial charge in [-0.25, -0.2) is 0 Å². The molecule has 1 unspecified atom stereocenters. The maximum absolute atomic E-state index is 11.7. The molecule has 1 aliphatic heterocycles. The van der Waals surface area contributed by atoms with Crippen LogP contribution in [-0.4, -0.2) is 45.4 Å². The maximum atomic E-state index is 11.7. The van der Waals surface area contributed by atoms with Crippen molar-refractivity contribution in [2.45, 2.75) is 12.5 Å². The Bertz CT molecular complexity index is 460. The number of carbonyl (C=O) groups is 1. The number of benzene rings is 1. The smallest absolute Gasteiger partial charge is 0.250 e. The topological polar surface area (TPSA) is 82.8 Å². The molecule has 0 radical (unpaired) electrons. The highest BCUT2D eigenvalue weighted by Crippen LogP contribution is 2.30. The maximum Gasteiger partial charge on any atom is 0.250 e. The Morgan fingerprint density at radius 3 is 2.85 bits per heavy atom. The van der Waals surface area contributed by atoms with E-state index in [0.717, 1.165) is 17.1 Å². The van der Waals surface area contributed by atoms with E-state index in [1.807, 2.05) is 18.2 Å². The first-order valence-electron chi connectivity index (χ1n) is 6.63. The summed E-state index contributed by atoms with van der Waals surface area (Å²) in [5.74, 6) is 1.34. The van der Waals surface area contributed by atoms with Crippen molar-refractivity contribution in [2.75, 3.05) is 33.4 Å². The molecule has 1 heterocycles. The number of methoxy groups -OCH3 is 1. The van der Waals surface area contributed by atoms with Gasteiger partial charge in [-0.2, -0.15) is 0 Å². The highest BCUT2D eigenvalue weighted by atomic mass is 16.6. The molecule has 110 valence electrons. The van der Waals surface area contributed by atoms with Crippen molar-refractivity contribution in [2.24, 2.45) is 5.73 Å². The number of nitrogens with two attached hydrogens (primary N) is 1. The molecule has 2 rings (SSSR count). The van der Waals surface area contributed by atoms with Gasteiger partial charge in [0.05, 0.1) is 0 Å². The normalized spacial score (nSPS) is 14.7. The van der Waals surface area contributed by atoms with Crippen molar-refractivity contribution in [3.05, 3.63) is 23.8 Å². The molecule has 0 bridgehead atoms. The van der Waals surface area contributed by atoms with E-state index in [1.54, 1.807) is 0 Å². The molecule has 1 aromatic carbocycles. The van der Waals surface area contributed by atoms with Gasteiger partial charge in [-0.3, -0.25) is 4.79 Å². The van der Waals surface area contributed by atoms with E-state index in [-0.39, 0.29) is 12.5 Å². The number of fused-ring (bicyclic) bond motifs is 1. The van der Waals surface area contributed by atoms with Crippen molar-refractivity contribution in [3.8, 4) is 11.5 Å². The van der Waals surface area contributed by atoms with Crippen LogP contribution in [0, 0.1) is 0 Å². The lowest BCUT2D eigenvalue weighted by molar-refractivity contribution is -0.130. The third kappa shape index (κ3) is 3.61. The Hall–Kier alpha value is -1.79. The Morgan fingerprint density at radius 1 is 1.40 bits per heavy atom. The highest BCUT2D eigenvalue weighted by Gasteiger charge is 2.15. The second kappa shape index (κ2) is 7.12. The zero-order chi connectivity index (χ0) is 14.4. The van der Waals surface area contributed by atoms with Gasteiger partial charge in [-0.05, 0) is 24.1 Å². The number of rotatable bonds is 6. The van der Waals surface area contributed by atoms with Crippen molar-refractivity contribution >= 4 is 5.91 Å². The largest absolute Gasteiger partial charge is 0.486 e. The summed E-state index contributed by atoms with van der Waals surface area (Å²) in [4.78, 5) is 11.7.